The smallest absolute Gasteiger partial charge is 0.331 e. The molecule has 0 radical (unpaired) electrons. The van der Waals surface area contributed by atoms with Crippen molar-refractivity contribution in [2.45, 2.75) is 52.4 Å². The summed E-state index contributed by atoms with van der Waals surface area (Å²) in [5, 5.41) is 9.99. The number of benzene rings is 2. The highest BCUT2D eigenvalue weighted by Gasteiger charge is 2.24. The predicted octanol–water partition coefficient (Wildman–Crippen LogP) is 5.01. The molecule has 0 aliphatic heterocycles. The molecule has 4 nitrogen and oxygen atoms in total. The maximum Gasteiger partial charge on any atom is 0.331 e. The highest BCUT2D eigenvalue weighted by Crippen LogP contribution is 2.19. The van der Waals surface area contributed by atoms with Gasteiger partial charge < -0.3 is 14.6 Å². The van der Waals surface area contributed by atoms with Gasteiger partial charge in [-0.1, -0.05) is 63.2 Å². The van der Waals surface area contributed by atoms with Gasteiger partial charge in [-0.3, -0.25) is 0 Å². The molecule has 2 rings (SSSR count). The summed E-state index contributed by atoms with van der Waals surface area (Å²) in [6.07, 6.45) is 3.67. The number of hydrogen-bond donors (Lipinski definition) is 1. The van der Waals surface area contributed by atoms with Crippen molar-refractivity contribution in [1.82, 2.24) is 0 Å². The zero-order valence-corrected chi connectivity index (χ0v) is 16.9. The van der Waals surface area contributed by atoms with E-state index >= 15 is 0 Å². The van der Waals surface area contributed by atoms with Gasteiger partial charge >= 0.3 is 5.97 Å². The topological polar surface area (TPSA) is 55.8 Å². The summed E-state index contributed by atoms with van der Waals surface area (Å²) in [5.74, 6) is 0.241. The van der Waals surface area contributed by atoms with E-state index in [1.54, 1.807) is 6.08 Å². The highest BCUT2D eigenvalue weighted by molar-refractivity contribution is 5.87. The lowest BCUT2D eigenvalue weighted by Gasteiger charge is -2.26. The van der Waals surface area contributed by atoms with Gasteiger partial charge in [-0.15, -0.1) is 0 Å². The third kappa shape index (κ3) is 6.86. The maximum absolute atomic E-state index is 12.2. The fourth-order valence-corrected chi connectivity index (χ4v) is 2.98. The Bertz CT molecular complexity index is 754. The molecule has 150 valence electrons. The Hall–Kier alpha value is -2.59. The van der Waals surface area contributed by atoms with Crippen LogP contribution in [0.15, 0.2) is 60.7 Å². The predicted molar refractivity (Wildman–Crippen MR) is 112 cm³/mol. The van der Waals surface area contributed by atoms with E-state index in [0.29, 0.717) is 19.4 Å². The first-order valence-corrected chi connectivity index (χ1v) is 9.87. The first-order chi connectivity index (χ1) is 13.5. The van der Waals surface area contributed by atoms with Crippen LogP contribution >= 0.6 is 0 Å². The summed E-state index contributed by atoms with van der Waals surface area (Å²) >= 11 is 0. The van der Waals surface area contributed by atoms with Crippen molar-refractivity contribution in [3.63, 3.8) is 0 Å². The van der Waals surface area contributed by atoms with Crippen LogP contribution in [0.2, 0.25) is 0 Å². The lowest BCUT2D eigenvalue weighted by atomic mass is 9.94. The molecule has 4 heteroatoms. The van der Waals surface area contributed by atoms with Crippen LogP contribution in [0.1, 0.15) is 44.7 Å². The van der Waals surface area contributed by atoms with Gasteiger partial charge in [-0.25, -0.2) is 4.79 Å². The molecule has 0 aliphatic carbocycles. The van der Waals surface area contributed by atoms with Crippen LogP contribution in [0.3, 0.4) is 0 Å². The molecule has 1 unspecified atom stereocenters. The third-order valence-electron chi connectivity index (χ3n) is 4.80. The number of hydrogen-bond acceptors (Lipinski definition) is 4. The quantitative estimate of drug-likeness (QED) is 0.464. The number of aliphatic hydroxyl groups excluding tert-OH is 1. The van der Waals surface area contributed by atoms with E-state index in [0.717, 1.165) is 16.9 Å². The number of ether oxygens (including phenoxy) is 2. The monoisotopic (exact) mass is 382 g/mol. The minimum absolute atomic E-state index is 0.0953. The second-order valence-corrected chi connectivity index (χ2v) is 6.90. The first-order valence-electron chi connectivity index (χ1n) is 9.87. The van der Waals surface area contributed by atoms with E-state index in [1.807, 2.05) is 75.4 Å². The van der Waals surface area contributed by atoms with Crippen molar-refractivity contribution in [3.8, 4) is 5.75 Å². The van der Waals surface area contributed by atoms with Crippen LogP contribution in [-0.4, -0.2) is 23.3 Å². The molecule has 1 N–H and O–H groups in total. The van der Waals surface area contributed by atoms with Crippen LogP contribution in [0.5, 0.6) is 5.75 Å². The normalized spacial score (nSPS) is 14.4. The minimum Gasteiger partial charge on any atom is -0.489 e. The summed E-state index contributed by atoms with van der Waals surface area (Å²) in [7, 11) is 0. The van der Waals surface area contributed by atoms with Crippen LogP contribution in [0.25, 0.3) is 6.08 Å². The Morgan fingerprint density at radius 1 is 1.07 bits per heavy atom. The molecule has 0 fully saturated rings. The molecule has 0 spiro atoms. The largest absolute Gasteiger partial charge is 0.489 e. The zero-order valence-electron chi connectivity index (χ0n) is 16.9. The highest BCUT2D eigenvalue weighted by atomic mass is 16.5. The van der Waals surface area contributed by atoms with Crippen molar-refractivity contribution in [2.24, 2.45) is 5.92 Å². The number of carbonyl (C=O) groups excluding carboxylic acids is 1. The minimum atomic E-state index is -0.472. The van der Waals surface area contributed by atoms with E-state index in [4.69, 9.17) is 9.47 Å². The summed E-state index contributed by atoms with van der Waals surface area (Å²) in [5.41, 5.74) is 1.96. The molecule has 0 saturated heterocycles. The number of carbonyl (C=O) groups is 1. The average Bonchev–Trinajstić information content (AvgIpc) is 2.74. The molecule has 2 aromatic rings. The molecule has 0 heterocycles. The Kier molecular flexibility index (Phi) is 8.76. The van der Waals surface area contributed by atoms with Crippen LogP contribution in [0.4, 0.5) is 0 Å². The summed E-state index contributed by atoms with van der Waals surface area (Å²) in [6, 6.07) is 17.5. The van der Waals surface area contributed by atoms with Crippen LogP contribution < -0.4 is 4.74 Å². The van der Waals surface area contributed by atoms with Crippen LogP contribution in [0, 0.1) is 5.92 Å². The Morgan fingerprint density at radius 2 is 1.82 bits per heavy atom. The van der Waals surface area contributed by atoms with Gasteiger partial charge in [0.15, 0.2) is 0 Å². The first kappa shape index (κ1) is 21.7. The average molecular weight is 383 g/mol. The molecule has 2 aromatic carbocycles. The van der Waals surface area contributed by atoms with Gasteiger partial charge in [-0.2, -0.15) is 0 Å². The summed E-state index contributed by atoms with van der Waals surface area (Å²) in [6.45, 7) is 6.27. The van der Waals surface area contributed by atoms with Gasteiger partial charge in [-0.05, 0) is 42.2 Å². The van der Waals surface area contributed by atoms with E-state index in [-0.39, 0.29) is 12.0 Å². The Balaban J connectivity index is 1.93. The number of rotatable bonds is 10. The Morgan fingerprint density at radius 3 is 2.50 bits per heavy atom. The molecule has 0 saturated carbocycles. The van der Waals surface area contributed by atoms with Crippen molar-refractivity contribution >= 4 is 12.0 Å². The van der Waals surface area contributed by atoms with E-state index in [1.165, 1.54) is 6.08 Å². The Labute approximate surface area is 167 Å². The van der Waals surface area contributed by atoms with Gasteiger partial charge in [0.25, 0.3) is 0 Å². The SMILES string of the molecule is CC[C@@H](O)C(C)[C@H](CC)OC(=O)C=Cc1cccc(OCc2ccccc2)c1. The van der Waals surface area contributed by atoms with Gasteiger partial charge in [0, 0.05) is 12.0 Å². The fraction of sp³-hybridized carbons (Fsp3) is 0.375. The van der Waals surface area contributed by atoms with E-state index in [2.05, 4.69) is 0 Å². The fourth-order valence-electron chi connectivity index (χ4n) is 2.98. The summed E-state index contributed by atoms with van der Waals surface area (Å²) < 4.78 is 11.3. The lowest BCUT2D eigenvalue weighted by Crippen LogP contribution is -2.32. The molecule has 0 amide bonds. The van der Waals surface area contributed by atoms with Crippen molar-refractivity contribution in [3.05, 3.63) is 71.8 Å². The zero-order chi connectivity index (χ0) is 20.4. The van der Waals surface area contributed by atoms with E-state index in [9.17, 15) is 9.90 Å². The van der Waals surface area contributed by atoms with Crippen molar-refractivity contribution < 1.29 is 19.4 Å². The molecule has 0 aliphatic rings. The van der Waals surface area contributed by atoms with Gasteiger partial charge in [0.05, 0.1) is 6.10 Å². The van der Waals surface area contributed by atoms with Gasteiger partial charge in [0.1, 0.15) is 18.5 Å². The maximum atomic E-state index is 12.2. The van der Waals surface area contributed by atoms with E-state index < -0.39 is 12.1 Å². The molecule has 0 bridgehead atoms. The molecule has 0 aromatic heterocycles. The number of aliphatic hydroxyl groups is 1. The molecular weight excluding hydrogens is 352 g/mol. The lowest BCUT2D eigenvalue weighted by molar-refractivity contribution is -0.147. The van der Waals surface area contributed by atoms with Crippen molar-refractivity contribution in [2.75, 3.05) is 0 Å². The standard InChI is InChI=1S/C24H30O4/c1-4-22(25)18(3)23(5-2)28-24(26)15-14-19-12-9-13-21(16-19)27-17-20-10-7-6-8-11-20/h6-16,18,22-23,25H,4-5,17H2,1-3H3/t18?,22-,23+/m1/s1. The molecular formula is C24H30O4. The number of esters is 1. The third-order valence-corrected chi connectivity index (χ3v) is 4.80. The second-order valence-electron chi connectivity index (χ2n) is 6.90. The second kappa shape index (κ2) is 11.3. The summed E-state index contributed by atoms with van der Waals surface area (Å²) in [4.78, 5) is 12.2. The molecule has 28 heavy (non-hydrogen) atoms. The van der Waals surface area contributed by atoms with Crippen LogP contribution in [-0.2, 0) is 16.1 Å². The molecule has 3 atom stereocenters. The van der Waals surface area contributed by atoms with Crippen molar-refractivity contribution in [1.29, 1.82) is 0 Å². The van der Waals surface area contributed by atoms with Gasteiger partial charge in [0.2, 0.25) is 0 Å².